The lowest BCUT2D eigenvalue weighted by Crippen LogP contribution is -2.52. The average molecular weight is 480 g/mol. The molecule has 10 heteroatoms. The molecule has 32 heavy (non-hydrogen) atoms. The fraction of sp³-hybridized carbons (Fsp3) is 0.409. The van der Waals surface area contributed by atoms with Gasteiger partial charge in [0.05, 0.1) is 15.8 Å². The van der Waals surface area contributed by atoms with Crippen molar-refractivity contribution >= 4 is 26.0 Å². The summed E-state index contributed by atoms with van der Waals surface area (Å²) in [6.07, 6.45) is 0.905. The Hall–Kier alpha value is -2.27. The molecule has 8 nitrogen and oxygen atoms in total. The molecule has 0 unspecified atom stereocenters. The van der Waals surface area contributed by atoms with Gasteiger partial charge in [0.2, 0.25) is 26.0 Å². The molecule has 0 aliphatic carbocycles. The molecular formula is C22H29N3O5S2. The molecule has 3 rings (SSSR count). The smallest absolute Gasteiger partial charge is 0.241 e. The molecule has 174 valence electrons. The van der Waals surface area contributed by atoms with Gasteiger partial charge in [-0.05, 0) is 57.9 Å². The highest BCUT2D eigenvalue weighted by atomic mass is 32.2. The molecule has 2 N–H and O–H groups in total. The molecule has 0 radical (unpaired) electrons. The van der Waals surface area contributed by atoms with Crippen molar-refractivity contribution in [2.45, 2.75) is 55.5 Å². The molecule has 0 saturated carbocycles. The van der Waals surface area contributed by atoms with E-state index >= 15 is 0 Å². The van der Waals surface area contributed by atoms with Crippen molar-refractivity contribution in [3.8, 4) is 0 Å². The average Bonchev–Trinajstić information content (AvgIpc) is 2.74. The summed E-state index contributed by atoms with van der Waals surface area (Å²) in [6, 6.07) is 11.8. The van der Waals surface area contributed by atoms with E-state index in [4.69, 9.17) is 0 Å². The minimum Gasteiger partial charge on any atom is -0.341 e. The van der Waals surface area contributed by atoms with E-state index < -0.39 is 26.1 Å². The van der Waals surface area contributed by atoms with Crippen LogP contribution >= 0.6 is 0 Å². The standard InChI is InChI=1S/C22H29N3O5S2/c1-16-4-8-20(9-5-16)31(27,28)23-18(3)22(26)25-14-12-19(13-15-25)24-32(29,30)21-10-6-17(2)7-11-21/h4-11,18-19,23-24H,12-15H2,1-3H3/t18-/m1/s1. The first kappa shape index (κ1) is 24.4. The van der Waals surface area contributed by atoms with Gasteiger partial charge < -0.3 is 4.90 Å². The fourth-order valence-corrected chi connectivity index (χ4v) is 6.07. The van der Waals surface area contributed by atoms with Gasteiger partial charge in [0.1, 0.15) is 0 Å². The van der Waals surface area contributed by atoms with E-state index in [1.807, 2.05) is 13.8 Å². The normalized spacial score (nSPS) is 16.7. The Morgan fingerprint density at radius 3 is 1.75 bits per heavy atom. The summed E-state index contributed by atoms with van der Waals surface area (Å²) in [6.45, 7) is 5.95. The van der Waals surface area contributed by atoms with Crippen LogP contribution in [0.2, 0.25) is 0 Å². The number of carbonyl (C=O) groups excluding carboxylic acids is 1. The van der Waals surface area contributed by atoms with Gasteiger partial charge in [0, 0.05) is 19.1 Å². The summed E-state index contributed by atoms with van der Waals surface area (Å²) in [5.74, 6) is -0.333. The Kier molecular flexibility index (Phi) is 7.39. The number of likely N-dealkylation sites (tertiary alicyclic amines) is 1. The van der Waals surface area contributed by atoms with E-state index in [1.165, 1.54) is 19.1 Å². The zero-order chi connectivity index (χ0) is 23.5. The van der Waals surface area contributed by atoms with Crippen LogP contribution in [-0.2, 0) is 24.8 Å². The lowest BCUT2D eigenvalue weighted by atomic mass is 10.1. The van der Waals surface area contributed by atoms with Crippen molar-refractivity contribution in [2.75, 3.05) is 13.1 Å². The molecule has 0 aromatic heterocycles. The van der Waals surface area contributed by atoms with Crippen LogP contribution < -0.4 is 9.44 Å². The van der Waals surface area contributed by atoms with Gasteiger partial charge in [-0.2, -0.15) is 4.72 Å². The van der Waals surface area contributed by atoms with E-state index in [9.17, 15) is 21.6 Å². The molecule has 0 bridgehead atoms. The summed E-state index contributed by atoms with van der Waals surface area (Å²) >= 11 is 0. The third-order valence-corrected chi connectivity index (χ3v) is 8.59. The largest absolute Gasteiger partial charge is 0.341 e. The second-order valence-corrected chi connectivity index (χ2v) is 11.6. The number of rotatable bonds is 7. The summed E-state index contributed by atoms with van der Waals surface area (Å²) in [4.78, 5) is 14.6. The Balaban J connectivity index is 1.55. The Bertz CT molecular complexity index is 1150. The summed E-state index contributed by atoms with van der Waals surface area (Å²) in [7, 11) is -7.45. The first-order valence-electron chi connectivity index (χ1n) is 10.4. The maximum absolute atomic E-state index is 12.8. The summed E-state index contributed by atoms with van der Waals surface area (Å²) in [5.41, 5.74) is 1.91. The van der Waals surface area contributed by atoms with Crippen LogP contribution in [0.1, 0.15) is 30.9 Å². The lowest BCUT2D eigenvalue weighted by Gasteiger charge is -2.33. The Morgan fingerprint density at radius 2 is 1.28 bits per heavy atom. The van der Waals surface area contributed by atoms with Crippen molar-refractivity contribution in [1.82, 2.24) is 14.3 Å². The summed E-state index contributed by atoms with van der Waals surface area (Å²) < 4.78 is 55.4. The molecule has 0 spiro atoms. The molecule has 1 amide bonds. The van der Waals surface area contributed by atoms with Gasteiger partial charge in [-0.25, -0.2) is 21.6 Å². The van der Waals surface area contributed by atoms with Gasteiger partial charge in [0.15, 0.2) is 0 Å². The molecule has 1 aliphatic rings. The lowest BCUT2D eigenvalue weighted by molar-refractivity contribution is -0.133. The molecule has 1 atom stereocenters. The Labute approximate surface area is 190 Å². The highest BCUT2D eigenvalue weighted by Gasteiger charge is 2.30. The number of piperidine rings is 1. The van der Waals surface area contributed by atoms with Crippen LogP contribution in [-0.4, -0.2) is 52.8 Å². The molecule has 1 saturated heterocycles. The highest BCUT2D eigenvalue weighted by molar-refractivity contribution is 7.89. The van der Waals surface area contributed by atoms with E-state index in [1.54, 1.807) is 41.3 Å². The highest BCUT2D eigenvalue weighted by Crippen LogP contribution is 2.17. The van der Waals surface area contributed by atoms with Crippen molar-refractivity contribution in [3.63, 3.8) is 0 Å². The van der Waals surface area contributed by atoms with E-state index in [0.717, 1.165) is 11.1 Å². The quantitative estimate of drug-likeness (QED) is 0.630. The van der Waals surface area contributed by atoms with Gasteiger partial charge in [-0.1, -0.05) is 35.4 Å². The van der Waals surface area contributed by atoms with Crippen molar-refractivity contribution in [1.29, 1.82) is 0 Å². The zero-order valence-electron chi connectivity index (χ0n) is 18.4. The van der Waals surface area contributed by atoms with Gasteiger partial charge in [-0.3, -0.25) is 4.79 Å². The molecular weight excluding hydrogens is 450 g/mol. The topological polar surface area (TPSA) is 113 Å². The SMILES string of the molecule is Cc1ccc(S(=O)(=O)NC2CCN(C(=O)[C@@H](C)NS(=O)(=O)c3ccc(C)cc3)CC2)cc1. The first-order chi connectivity index (χ1) is 15.0. The van der Waals surface area contributed by atoms with Gasteiger partial charge in [-0.15, -0.1) is 0 Å². The van der Waals surface area contributed by atoms with Gasteiger partial charge >= 0.3 is 0 Å². The third kappa shape index (κ3) is 5.94. The predicted molar refractivity (Wildman–Crippen MR) is 122 cm³/mol. The van der Waals surface area contributed by atoms with Crippen LogP contribution in [0.25, 0.3) is 0 Å². The number of amides is 1. The van der Waals surface area contributed by atoms with E-state index in [2.05, 4.69) is 9.44 Å². The van der Waals surface area contributed by atoms with Crippen LogP contribution in [0.15, 0.2) is 58.3 Å². The number of hydrogen-bond acceptors (Lipinski definition) is 5. The summed E-state index contributed by atoms with van der Waals surface area (Å²) in [5, 5.41) is 0. The van der Waals surface area contributed by atoms with Crippen molar-refractivity contribution in [2.24, 2.45) is 0 Å². The first-order valence-corrected chi connectivity index (χ1v) is 13.4. The monoisotopic (exact) mass is 479 g/mol. The minimum absolute atomic E-state index is 0.104. The number of benzene rings is 2. The number of nitrogens with one attached hydrogen (secondary N) is 2. The maximum Gasteiger partial charge on any atom is 0.241 e. The van der Waals surface area contributed by atoms with E-state index in [0.29, 0.717) is 25.9 Å². The fourth-order valence-electron chi connectivity index (χ4n) is 3.57. The second kappa shape index (κ2) is 9.70. The predicted octanol–water partition coefficient (Wildman–Crippen LogP) is 1.94. The maximum atomic E-state index is 12.8. The van der Waals surface area contributed by atoms with Crippen molar-refractivity contribution < 1.29 is 21.6 Å². The number of aryl methyl sites for hydroxylation is 2. The molecule has 1 fully saturated rings. The third-order valence-electron chi connectivity index (χ3n) is 5.49. The number of nitrogens with zero attached hydrogens (tertiary/aromatic N) is 1. The molecule has 2 aromatic rings. The number of carbonyl (C=O) groups is 1. The van der Waals surface area contributed by atoms with Crippen molar-refractivity contribution in [3.05, 3.63) is 59.7 Å². The van der Waals surface area contributed by atoms with Crippen LogP contribution in [0, 0.1) is 13.8 Å². The Morgan fingerprint density at radius 1 is 0.844 bits per heavy atom. The number of sulfonamides is 2. The van der Waals surface area contributed by atoms with E-state index in [-0.39, 0.29) is 21.7 Å². The van der Waals surface area contributed by atoms with Crippen LogP contribution in [0.3, 0.4) is 0 Å². The van der Waals surface area contributed by atoms with Crippen LogP contribution in [0.4, 0.5) is 0 Å². The van der Waals surface area contributed by atoms with Gasteiger partial charge in [0.25, 0.3) is 0 Å². The second-order valence-electron chi connectivity index (χ2n) is 8.19. The zero-order valence-corrected chi connectivity index (χ0v) is 20.0. The van der Waals surface area contributed by atoms with Crippen LogP contribution in [0.5, 0.6) is 0 Å². The molecule has 2 aromatic carbocycles. The molecule has 1 heterocycles. The molecule has 1 aliphatic heterocycles. The number of hydrogen-bond donors (Lipinski definition) is 2. The minimum atomic E-state index is -3.82.